The summed E-state index contributed by atoms with van der Waals surface area (Å²) >= 11 is 0. The van der Waals surface area contributed by atoms with Crippen LogP contribution in [0.2, 0.25) is 0 Å². The maximum atomic E-state index is 3.81. The fourth-order valence-electron chi connectivity index (χ4n) is 0.671. The molecule has 0 aromatic carbocycles. The van der Waals surface area contributed by atoms with Gasteiger partial charge in [0.15, 0.2) is 0 Å². The zero-order valence-electron chi connectivity index (χ0n) is 5.94. The van der Waals surface area contributed by atoms with Gasteiger partial charge in [-0.15, -0.1) is 0 Å². The van der Waals surface area contributed by atoms with E-state index in [2.05, 4.69) is 4.99 Å². The second-order valence-electron chi connectivity index (χ2n) is 1.88. The van der Waals surface area contributed by atoms with Gasteiger partial charge in [0.25, 0.3) is 0 Å². The van der Waals surface area contributed by atoms with Crippen LogP contribution in [0.4, 0.5) is 0 Å². The largest absolute Gasteiger partial charge is 0.331 e. The first-order valence-electron chi connectivity index (χ1n) is 3.15. The first kappa shape index (κ1) is 6.81. The second-order valence-corrected chi connectivity index (χ2v) is 1.88. The lowest BCUT2D eigenvalue weighted by molar-refractivity contribution is 1.17. The highest BCUT2D eigenvalue weighted by molar-refractivity contribution is 5.74. The summed E-state index contributed by atoms with van der Waals surface area (Å²) < 4.78 is 1.96. The summed E-state index contributed by atoms with van der Waals surface area (Å²) in [6.45, 7) is 0. The van der Waals surface area contributed by atoms with E-state index < -0.39 is 0 Å². The van der Waals surface area contributed by atoms with Crippen molar-refractivity contribution in [3.05, 3.63) is 30.6 Å². The zero-order valence-corrected chi connectivity index (χ0v) is 5.94. The van der Waals surface area contributed by atoms with Crippen molar-refractivity contribution in [1.29, 1.82) is 0 Å². The molecule has 1 heterocycles. The van der Waals surface area contributed by atoms with Crippen LogP contribution in [0.5, 0.6) is 0 Å². The summed E-state index contributed by atoms with van der Waals surface area (Å²) in [4.78, 5) is 3.81. The molecule has 0 radical (unpaired) electrons. The first-order chi connectivity index (χ1) is 4.93. The molecule has 0 N–H and O–H groups in total. The Hall–Kier alpha value is -1.31. The molecule has 10 heavy (non-hydrogen) atoms. The van der Waals surface area contributed by atoms with Crippen LogP contribution in [0.1, 0.15) is 0 Å². The van der Waals surface area contributed by atoms with Crippen molar-refractivity contribution < 1.29 is 0 Å². The minimum atomic E-state index is 1.75. The standard InChI is InChI=1S/C8H10N2/c1-9-5-4-8-10-6-2-3-7-10/h2-8H,1H3/b8-4-,9-5-. The molecule has 1 aromatic rings. The molecule has 1 rings (SSSR count). The van der Waals surface area contributed by atoms with Crippen molar-refractivity contribution in [3.63, 3.8) is 0 Å². The summed E-state index contributed by atoms with van der Waals surface area (Å²) in [5.74, 6) is 0. The third-order valence-electron chi connectivity index (χ3n) is 1.12. The van der Waals surface area contributed by atoms with Gasteiger partial charge in [-0.05, 0) is 18.2 Å². The summed E-state index contributed by atoms with van der Waals surface area (Å²) in [5, 5.41) is 0. The van der Waals surface area contributed by atoms with Crippen LogP contribution in [-0.2, 0) is 0 Å². The Balaban J connectivity index is 2.55. The molecule has 0 aliphatic carbocycles. The third kappa shape index (κ3) is 1.90. The molecule has 2 nitrogen and oxygen atoms in total. The van der Waals surface area contributed by atoms with E-state index in [0.717, 1.165) is 0 Å². The van der Waals surface area contributed by atoms with Gasteiger partial charge in [-0.3, -0.25) is 4.99 Å². The Morgan fingerprint density at radius 3 is 2.60 bits per heavy atom. The summed E-state index contributed by atoms with van der Waals surface area (Å²) in [6, 6.07) is 3.96. The lowest BCUT2D eigenvalue weighted by Gasteiger charge is -1.86. The Labute approximate surface area is 60.5 Å². The molecule has 2 heteroatoms. The zero-order chi connectivity index (χ0) is 7.23. The molecule has 52 valence electrons. The fourth-order valence-corrected chi connectivity index (χ4v) is 0.671. The van der Waals surface area contributed by atoms with E-state index in [1.807, 2.05) is 41.4 Å². The first-order valence-corrected chi connectivity index (χ1v) is 3.15. The Kier molecular flexibility index (Phi) is 2.49. The van der Waals surface area contributed by atoms with Crippen LogP contribution < -0.4 is 0 Å². The Bertz CT molecular complexity index is 219. The number of allylic oxidation sites excluding steroid dienone is 1. The van der Waals surface area contributed by atoms with Crippen molar-refractivity contribution in [3.8, 4) is 0 Å². The highest BCUT2D eigenvalue weighted by atomic mass is 14.9. The minimum absolute atomic E-state index is 1.75. The predicted octanol–water partition coefficient (Wildman–Crippen LogP) is 1.66. The molecule has 0 amide bonds. The van der Waals surface area contributed by atoms with Gasteiger partial charge in [-0.25, -0.2) is 0 Å². The quantitative estimate of drug-likeness (QED) is 0.547. The molecule has 0 bridgehead atoms. The van der Waals surface area contributed by atoms with Crippen LogP contribution in [0.25, 0.3) is 6.20 Å². The molecule has 0 atom stereocenters. The number of rotatable bonds is 2. The molecule has 0 saturated carbocycles. The maximum absolute atomic E-state index is 3.81. The number of aromatic nitrogens is 1. The smallest absolute Gasteiger partial charge is 0.0277 e. The number of hydrogen-bond donors (Lipinski definition) is 0. The maximum Gasteiger partial charge on any atom is 0.0277 e. The van der Waals surface area contributed by atoms with E-state index in [1.54, 1.807) is 13.3 Å². The Morgan fingerprint density at radius 2 is 2.00 bits per heavy atom. The van der Waals surface area contributed by atoms with Crippen LogP contribution in [0, 0.1) is 0 Å². The summed E-state index contributed by atoms with van der Waals surface area (Å²) in [6.07, 6.45) is 9.52. The summed E-state index contributed by atoms with van der Waals surface area (Å²) in [5.41, 5.74) is 0. The van der Waals surface area contributed by atoms with Crippen molar-refractivity contribution >= 4 is 12.4 Å². The van der Waals surface area contributed by atoms with Gasteiger partial charge >= 0.3 is 0 Å². The number of nitrogens with zero attached hydrogens (tertiary/aromatic N) is 2. The van der Waals surface area contributed by atoms with E-state index in [1.165, 1.54) is 0 Å². The van der Waals surface area contributed by atoms with Crippen molar-refractivity contribution in [2.75, 3.05) is 7.05 Å². The van der Waals surface area contributed by atoms with E-state index in [0.29, 0.717) is 0 Å². The number of aliphatic imine (C=N–C) groups is 1. The second kappa shape index (κ2) is 3.67. The van der Waals surface area contributed by atoms with Crippen molar-refractivity contribution in [2.24, 2.45) is 4.99 Å². The van der Waals surface area contributed by atoms with E-state index in [-0.39, 0.29) is 0 Å². The van der Waals surface area contributed by atoms with Gasteiger partial charge in [0.05, 0.1) is 0 Å². The van der Waals surface area contributed by atoms with Gasteiger partial charge in [0.2, 0.25) is 0 Å². The van der Waals surface area contributed by atoms with E-state index in [4.69, 9.17) is 0 Å². The summed E-state index contributed by atoms with van der Waals surface area (Å²) in [7, 11) is 1.75. The van der Waals surface area contributed by atoms with Crippen LogP contribution in [-0.4, -0.2) is 17.8 Å². The van der Waals surface area contributed by atoms with Crippen LogP contribution in [0.3, 0.4) is 0 Å². The molecule has 1 aromatic heterocycles. The van der Waals surface area contributed by atoms with Gasteiger partial charge in [-0.2, -0.15) is 0 Å². The molecular formula is C8H10N2. The van der Waals surface area contributed by atoms with Gasteiger partial charge in [-0.1, -0.05) is 0 Å². The van der Waals surface area contributed by atoms with Gasteiger partial charge < -0.3 is 4.57 Å². The van der Waals surface area contributed by atoms with E-state index in [9.17, 15) is 0 Å². The predicted molar refractivity (Wildman–Crippen MR) is 44.2 cm³/mol. The molecule has 0 unspecified atom stereocenters. The Morgan fingerprint density at radius 1 is 1.30 bits per heavy atom. The monoisotopic (exact) mass is 134 g/mol. The molecular weight excluding hydrogens is 124 g/mol. The van der Waals surface area contributed by atoms with Crippen LogP contribution in [0.15, 0.2) is 35.6 Å². The normalized spacial score (nSPS) is 11.7. The number of hydrogen-bond acceptors (Lipinski definition) is 1. The molecule has 0 saturated heterocycles. The highest BCUT2D eigenvalue weighted by Gasteiger charge is 1.75. The average Bonchev–Trinajstić information content (AvgIpc) is 2.41. The molecule has 0 fully saturated rings. The topological polar surface area (TPSA) is 17.3 Å². The van der Waals surface area contributed by atoms with Gasteiger partial charge in [0.1, 0.15) is 0 Å². The molecule has 0 spiro atoms. The fraction of sp³-hybridized carbons (Fsp3) is 0.125. The highest BCUT2D eigenvalue weighted by Crippen LogP contribution is 1.88. The van der Waals surface area contributed by atoms with Gasteiger partial charge in [0, 0.05) is 31.9 Å². The van der Waals surface area contributed by atoms with Crippen LogP contribution >= 0.6 is 0 Å². The van der Waals surface area contributed by atoms with E-state index >= 15 is 0 Å². The lowest BCUT2D eigenvalue weighted by Crippen LogP contribution is -1.77. The molecule has 0 aliphatic rings. The van der Waals surface area contributed by atoms with Crippen molar-refractivity contribution in [1.82, 2.24) is 4.57 Å². The average molecular weight is 134 g/mol. The minimum Gasteiger partial charge on any atom is -0.331 e. The third-order valence-corrected chi connectivity index (χ3v) is 1.12. The molecule has 0 aliphatic heterocycles. The van der Waals surface area contributed by atoms with Crippen molar-refractivity contribution in [2.45, 2.75) is 0 Å². The lowest BCUT2D eigenvalue weighted by atomic mass is 10.6. The SMILES string of the molecule is C/N=C\C=C/n1cccc1.